The van der Waals surface area contributed by atoms with Gasteiger partial charge in [0.1, 0.15) is 5.75 Å². The van der Waals surface area contributed by atoms with Crippen LogP contribution >= 0.6 is 0 Å². The molecular weight excluding hydrogens is 350 g/mol. The van der Waals surface area contributed by atoms with Gasteiger partial charge < -0.3 is 14.6 Å². The highest BCUT2D eigenvalue weighted by Gasteiger charge is 2.17. The molecule has 28 heavy (non-hydrogen) atoms. The van der Waals surface area contributed by atoms with E-state index in [1.165, 1.54) is 11.3 Å². The van der Waals surface area contributed by atoms with Gasteiger partial charge in [-0.15, -0.1) is 0 Å². The van der Waals surface area contributed by atoms with Gasteiger partial charge in [0.15, 0.2) is 0 Å². The Hall–Kier alpha value is -2.79. The molecule has 146 valence electrons. The van der Waals surface area contributed by atoms with Crippen molar-refractivity contribution in [1.82, 2.24) is 9.88 Å². The van der Waals surface area contributed by atoms with Gasteiger partial charge in [-0.3, -0.25) is 9.69 Å². The molecule has 0 amide bonds. The minimum atomic E-state index is -0.0799. The highest BCUT2D eigenvalue weighted by molar-refractivity contribution is 5.79. The summed E-state index contributed by atoms with van der Waals surface area (Å²) < 4.78 is 5.91. The third-order valence-corrected chi connectivity index (χ3v) is 5.41. The zero-order chi connectivity index (χ0) is 19.3. The van der Waals surface area contributed by atoms with Gasteiger partial charge in [-0.1, -0.05) is 18.2 Å². The predicted octanol–water partition coefficient (Wildman–Crippen LogP) is 3.43. The van der Waals surface area contributed by atoms with Crippen molar-refractivity contribution in [2.75, 3.05) is 44.2 Å². The van der Waals surface area contributed by atoms with Gasteiger partial charge in [-0.2, -0.15) is 0 Å². The summed E-state index contributed by atoms with van der Waals surface area (Å²) in [6.45, 7) is 8.29. The van der Waals surface area contributed by atoms with E-state index in [2.05, 4.69) is 46.0 Å². The number of aromatic nitrogens is 1. The molecule has 1 aromatic heterocycles. The molecular formula is C23H27N3O2. The molecule has 2 aromatic carbocycles. The first-order valence-corrected chi connectivity index (χ1v) is 9.98. The fourth-order valence-electron chi connectivity index (χ4n) is 3.83. The standard InChI is InChI=1S/C23H27N3O2/c1-18-5-2-3-6-22(18)26-14-12-25(13-15-26)11-4-16-28-20-8-9-21-19(17-20)7-10-23(27)24-21/h2-3,5-10,17H,4,11-16H2,1H3,(H,24,27). The molecule has 0 unspecified atom stereocenters. The maximum Gasteiger partial charge on any atom is 0.248 e. The van der Waals surface area contributed by atoms with Crippen LogP contribution in [0.3, 0.4) is 0 Å². The lowest BCUT2D eigenvalue weighted by atomic mass is 10.1. The number of nitrogens with one attached hydrogen (secondary N) is 1. The van der Waals surface area contributed by atoms with Crippen LogP contribution in [0.25, 0.3) is 10.9 Å². The van der Waals surface area contributed by atoms with Crippen LogP contribution in [0.2, 0.25) is 0 Å². The van der Waals surface area contributed by atoms with Crippen LogP contribution in [0.5, 0.6) is 5.75 Å². The number of rotatable bonds is 6. The van der Waals surface area contributed by atoms with Gasteiger partial charge in [0.05, 0.1) is 6.61 Å². The molecule has 0 aliphatic carbocycles. The summed E-state index contributed by atoms with van der Waals surface area (Å²) in [5.41, 5.74) is 3.47. The maximum atomic E-state index is 11.4. The summed E-state index contributed by atoms with van der Waals surface area (Å²) >= 11 is 0. The second-order valence-corrected chi connectivity index (χ2v) is 7.39. The van der Waals surface area contributed by atoms with E-state index in [0.717, 1.165) is 55.8 Å². The number of pyridine rings is 1. The lowest BCUT2D eigenvalue weighted by molar-refractivity contribution is 0.225. The maximum absolute atomic E-state index is 11.4. The molecule has 0 saturated carbocycles. The highest BCUT2D eigenvalue weighted by Crippen LogP contribution is 2.21. The summed E-state index contributed by atoms with van der Waals surface area (Å²) in [6, 6.07) is 17.8. The topological polar surface area (TPSA) is 48.6 Å². The van der Waals surface area contributed by atoms with E-state index < -0.39 is 0 Å². The van der Waals surface area contributed by atoms with E-state index in [1.54, 1.807) is 6.07 Å². The first-order chi connectivity index (χ1) is 13.7. The van der Waals surface area contributed by atoms with Gasteiger partial charge in [0.25, 0.3) is 0 Å². The van der Waals surface area contributed by atoms with Crippen LogP contribution in [0.1, 0.15) is 12.0 Å². The van der Waals surface area contributed by atoms with Crippen molar-refractivity contribution in [3.8, 4) is 5.75 Å². The van der Waals surface area contributed by atoms with Gasteiger partial charge in [-0.05, 0) is 49.2 Å². The Morgan fingerprint density at radius 1 is 1.00 bits per heavy atom. The number of aromatic amines is 1. The number of fused-ring (bicyclic) bond motifs is 1. The predicted molar refractivity (Wildman–Crippen MR) is 115 cm³/mol. The van der Waals surface area contributed by atoms with Crippen LogP contribution in [-0.2, 0) is 0 Å². The van der Waals surface area contributed by atoms with E-state index in [-0.39, 0.29) is 5.56 Å². The molecule has 1 N–H and O–H groups in total. The number of ether oxygens (including phenoxy) is 1. The van der Waals surface area contributed by atoms with E-state index in [9.17, 15) is 4.79 Å². The van der Waals surface area contributed by atoms with Gasteiger partial charge in [0, 0.05) is 55.4 Å². The van der Waals surface area contributed by atoms with Crippen molar-refractivity contribution in [2.45, 2.75) is 13.3 Å². The van der Waals surface area contributed by atoms with Crippen molar-refractivity contribution < 1.29 is 4.74 Å². The fraction of sp³-hybridized carbons (Fsp3) is 0.348. The number of H-pyrrole nitrogens is 1. The van der Waals surface area contributed by atoms with Gasteiger partial charge >= 0.3 is 0 Å². The summed E-state index contributed by atoms with van der Waals surface area (Å²) in [6.07, 6.45) is 1.01. The Morgan fingerprint density at radius 3 is 2.64 bits per heavy atom. The second-order valence-electron chi connectivity index (χ2n) is 7.39. The van der Waals surface area contributed by atoms with Gasteiger partial charge in [-0.25, -0.2) is 0 Å². The number of benzene rings is 2. The monoisotopic (exact) mass is 377 g/mol. The molecule has 3 aromatic rings. The molecule has 1 fully saturated rings. The molecule has 5 heteroatoms. The van der Waals surface area contributed by atoms with Crippen molar-refractivity contribution in [3.05, 3.63) is 70.5 Å². The van der Waals surface area contributed by atoms with E-state index in [0.29, 0.717) is 6.61 Å². The first kappa shape index (κ1) is 18.6. The third kappa shape index (κ3) is 4.37. The molecule has 1 saturated heterocycles. The normalized spacial score (nSPS) is 15.1. The SMILES string of the molecule is Cc1ccccc1N1CCN(CCCOc2ccc3[nH]c(=O)ccc3c2)CC1. The lowest BCUT2D eigenvalue weighted by Crippen LogP contribution is -2.47. The summed E-state index contributed by atoms with van der Waals surface area (Å²) in [5.74, 6) is 0.851. The third-order valence-electron chi connectivity index (χ3n) is 5.41. The summed E-state index contributed by atoms with van der Waals surface area (Å²) in [4.78, 5) is 19.2. The van der Waals surface area contributed by atoms with Crippen LogP contribution in [-0.4, -0.2) is 49.2 Å². The van der Waals surface area contributed by atoms with Crippen molar-refractivity contribution in [3.63, 3.8) is 0 Å². The Bertz CT molecular complexity index is 990. The van der Waals surface area contributed by atoms with E-state index in [4.69, 9.17) is 4.74 Å². The lowest BCUT2D eigenvalue weighted by Gasteiger charge is -2.36. The minimum absolute atomic E-state index is 0.0799. The molecule has 2 heterocycles. The molecule has 0 spiro atoms. The largest absolute Gasteiger partial charge is 0.494 e. The molecule has 1 aliphatic rings. The Morgan fingerprint density at radius 2 is 1.82 bits per heavy atom. The molecule has 0 radical (unpaired) electrons. The van der Waals surface area contributed by atoms with Crippen molar-refractivity contribution in [1.29, 1.82) is 0 Å². The minimum Gasteiger partial charge on any atom is -0.494 e. The Kier molecular flexibility index (Phi) is 5.63. The summed E-state index contributed by atoms with van der Waals surface area (Å²) in [7, 11) is 0. The van der Waals surface area contributed by atoms with Crippen molar-refractivity contribution in [2.24, 2.45) is 0 Å². The van der Waals surface area contributed by atoms with E-state index >= 15 is 0 Å². The molecule has 1 aliphatic heterocycles. The Balaban J connectivity index is 1.22. The first-order valence-electron chi connectivity index (χ1n) is 9.98. The number of nitrogens with zero attached hydrogens (tertiary/aromatic N) is 2. The zero-order valence-corrected chi connectivity index (χ0v) is 16.4. The molecule has 5 nitrogen and oxygen atoms in total. The second kappa shape index (κ2) is 8.48. The number of aryl methyl sites for hydroxylation is 1. The number of piperazine rings is 1. The highest BCUT2D eigenvalue weighted by atomic mass is 16.5. The zero-order valence-electron chi connectivity index (χ0n) is 16.4. The van der Waals surface area contributed by atoms with Crippen LogP contribution < -0.4 is 15.2 Å². The average molecular weight is 377 g/mol. The van der Waals surface area contributed by atoms with E-state index in [1.807, 2.05) is 24.3 Å². The number of anilines is 1. The number of para-hydroxylation sites is 1. The van der Waals surface area contributed by atoms with Crippen molar-refractivity contribution >= 4 is 16.6 Å². The van der Waals surface area contributed by atoms with Crippen LogP contribution in [0, 0.1) is 6.92 Å². The Labute approximate surface area is 165 Å². The van der Waals surface area contributed by atoms with Crippen LogP contribution in [0.4, 0.5) is 5.69 Å². The molecule has 0 atom stereocenters. The average Bonchev–Trinajstić information content (AvgIpc) is 2.72. The van der Waals surface area contributed by atoms with Crippen LogP contribution in [0.15, 0.2) is 59.4 Å². The molecule has 4 rings (SSSR count). The van der Waals surface area contributed by atoms with Gasteiger partial charge in [0.2, 0.25) is 5.56 Å². The number of hydrogen-bond acceptors (Lipinski definition) is 4. The fourth-order valence-corrected chi connectivity index (χ4v) is 3.83. The number of hydrogen-bond donors (Lipinski definition) is 1. The smallest absolute Gasteiger partial charge is 0.248 e. The molecule has 0 bridgehead atoms. The quantitative estimate of drug-likeness (QED) is 0.669. The summed E-state index contributed by atoms with van der Waals surface area (Å²) in [5, 5.41) is 0.990.